The van der Waals surface area contributed by atoms with Crippen LogP contribution in [-0.4, -0.2) is 60.3 Å². The van der Waals surface area contributed by atoms with E-state index in [0.29, 0.717) is 10.8 Å². The van der Waals surface area contributed by atoms with Crippen LogP contribution >= 0.6 is 0 Å². The third-order valence-electron chi connectivity index (χ3n) is 13.8. The fraction of sp³-hybridized carbons (Fsp3) is 1.00. The van der Waals surface area contributed by atoms with Crippen molar-refractivity contribution in [3.05, 3.63) is 0 Å². The van der Waals surface area contributed by atoms with E-state index in [0.717, 1.165) is 35.8 Å². The van der Waals surface area contributed by atoms with Crippen LogP contribution in [0.4, 0.5) is 0 Å². The Morgan fingerprint density at radius 1 is 0.571 bits per heavy atom. The van der Waals surface area contributed by atoms with Gasteiger partial charge in [-0.3, -0.25) is 0 Å². The second-order valence-electron chi connectivity index (χ2n) is 13.6. The average Bonchev–Trinajstić information content (AvgIpc) is 3.20. The predicted molar refractivity (Wildman–Crippen MR) is 143 cm³/mol. The van der Waals surface area contributed by atoms with E-state index >= 15 is 0 Å². The molecular formula is C31H60I2N2. The van der Waals surface area contributed by atoms with Gasteiger partial charge in [0.25, 0.3) is 0 Å². The van der Waals surface area contributed by atoms with Crippen molar-refractivity contribution < 1.29 is 56.9 Å². The Labute approximate surface area is 254 Å². The van der Waals surface area contributed by atoms with Gasteiger partial charge in [0.15, 0.2) is 0 Å². The number of halogens is 2. The van der Waals surface area contributed by atoms with Crippen LogP contribution in [-0.2, 0) is 0 Å². The molecule has 8 atom stereocenters. The molecule has 4 rings (SSSR count). The number of quaternary nitrogens is 2. The van der Waals surface area contributed by atoms with E-state index in [9.17, 15) is 0 Å². The summed E-state index contributed by atoms with van der Waals surface area (Å²) in [6.45, 7) is 28.3. The SMILES string of the molecule is CC[N+](CC)(CC)C1CC[C@@]2(C)C(CC[C@@H]3C2CC[C@@]2(C)C3CCC2[N+](CC)(CC)CC)C1.[I-].[I-]. The predicted octanol–water partition coefficient (Wildman–Crippen LogP) is 1.53. The number of hydrogen-bond acceptors (Lipinski definition) is 0. The Hall–Kier alpha value is 1.38. The molecular weight excluding hydrogens is 654 g/mol. The fourth-order valence-electron chi connectivity index (χ4n) is 11.4. The molecule has 0 N–H and O–H groups in total. The molecule has 0 bridgehead atoms. The average molecular weight is 715 g/mol. The molecule has 4 aliphatic rings. The zero-order valence-corrected chi connectivity index (χ0v) is 29.0. The van der Waals surface area contributed by atoms with Crippen molar-refractivity contribution in [3.63, 3.8) is 0 Å². The molecule has 0 aromatic heterocycles. The summed E-state index contributed by atoms with van der Waals surface area (Å²) in [7, 11) is 0. The third kappa shape index (κ3) is 4.93. The molecule has 2 nitrogen and oxygen atoms in total. The summed E-state index contributed by atoms with van der Waals surface area (Å²) in [5.41, 5.74) is 1.23. The molecule has 0 aromatic rings. The molecule has 35 heavy (non-hydrogen) atoms. The topological polar surface area (TPSA) is 0 Å². The van der Waals surface area contributed by atoms with Gasteiger partial charge in [-0.15, -0.1) is 0 Å². The van der Waals surface area contributed by atoms with E-state index in [-0.39, 0.29) is 48.0 Å². The van der Waals surface area contributed by atoms with Gasteiger partial charge in [0.1, 0.15) is 0 Å². The fourth-order valence-corrected chi connectivity index (χ4v) is 11.4. The largest absolute Gasteiger partial charge is 1.00 e. The van der Waals surface area contributed by atoms with Gasteiger partial charge < -0.3 is 56.9 Å². The summed E-state index contributed by atoms with van der Waals surface area (Å²) in [5, 5.41) is 0. The van der Waals surface area contributed by atoms with Crippen LogP contribution in [0.2, 0.25) is 0 Å². The van der Waals surface area contributed by atoms with Gasteiger partial charge in [-0.25, -0.2) is 0 Å². The number of rotatable bonds is 8. The lowest BCUT2D eigenvalue weighted by atomic mass is 9.44. The summed E-state index contributed by atoms with van der Waals surface area (Å²) in [4.78, 5) is 0. The lowest BCUT2D eigenvalue weighted by Crippen LogP contribution is -3.00. The molecule has 4 aliphatic carbocycles. The van der Waals surface area contributed by atoms with Gasteiger partial charge in [-0.2, -0.15) is 0 Å². The molecule has 0 aliphatic heterocycles. The van der Waals surface area contributed by atoms with Crippen molar-refractivity contribution in [2.24, 2.45) is 34.5 Å². The van der Waals surface area contributed by atoms with E-state index in [1.165, 1.54) is 99.6 Å². The highest BCUT2D eigenvalue weighted by Crippen LogP contribution is 2.67. The molecule has 4 heteroatoms. The molecule has 4 fully saturated rings. The minimum Gasteiger partial charge on any atom is -1.00 e. The third-order valence-corrected chi connectivity index (χ3v) is 13.8. The smallest absolute Gasteiger partial charge is 0.0947 e. The van der Waals surface area contributed by atoms with Gasteiger partial charge in [0.2, 0.25) is 0 Å². The van der Waals surface area contributed by atoms with E-state index in [4.69, 9.17) is 0 Å². The first kappa shape index (κ1) is 32.6. The summed E-state index contributed by atoms with van der Waals surface area (Å²) in [6, 6.07) is 1.85. The van der Waals surface area contributed by atoms with E-state index in [1.54, 1.807) is 6.42 Å². The molecule has 0 saturated heterocycles. The van der Waals surface area contributed by atoms with Crippen LogP contribution < -0.4 is 48.0 Å². The lowest BCUT2D eigenvalue weighted by Gasteiger charge is -2.62. The molecule has 0 heterocycles. The van der Waals surface area contributed by atoms with Crippen LogP contribution in [0, 0.1) is 34.5 Å². The van der Waals surface area contributed by atoms with Crippen LogP contribution in [0.25, 0.3) is 0 Å². The highest BCUT2D eigenvalue weighted by atomic mass is 127. The molecule has 208 valence electrons. The summed E-state index contributed by atoms with van der Waals surface area (Å²) < 4.78 is 2.77. The van der Waals surface area contributed by atoms with E-state index in [2.05, 4.69) is 55.4 Å². The van der Waals surface area contributed by atoms with Crippen molar-refractivity contribution in [2.75, 3.05) is 39.3 Å². The number of hydrogen-bond donors (Lipinski definition) is 0. The van der Waals surface area contributed by atoms with Gasteiger partial charge in [-0.05, 0) is 116 Å². The van der Waals surface area contributed by atoms with Crippen molar-refractivity contribution in [1.82, 2.24) is 0 Å². The number of nitrogens with zero attached hydrogens (tertiary/aromatic N) is 2. The standard InChI is InChI=1S/C31H60N2.2HI/c1-9-32(10-2,11-3)25-19-21-30(7)24(23-25)15-16-26-27-17-18-29(33(12-4,13-5)14-6)31(27,8)22-20-28(26)30;;/h24-29H,9-23H2,1-8H3;2*1H/q+2;;/p-2/t24?,25?,26-,27?,28?,29?,30-,31-;;/m0../s1. The Bertz CT molecular complexity index is 658. The van der Waals surface area contributed by atoms with Gasteiger partial charge in [0.05, 0.1) is 51.4 Å². The minimum atomic E-state index is 0. The highest BCUT2D eigenvalue weighted by molar-refractivity contribution is 5.10. The molecule has 0 amide bonds. The molecule has 0 radical (unpaired) electrons. The molecule has 0 aromatic carbocycles. The Morgan fingerprint density at radius 3 is 1.63 bits per heavy atom. The Balaban J connectivity index is 0.00000216. The molecule has 4 saturated carbocycles. The first-order chi connectivity index (χ1) is 15.7. The first-order valence-corrected chi connectivity index (χ1v) is 15.5. The maximum atomic E-state index is 2.78. The molecule has 5 unspecified atom stereocenters. The maximum absolute atomic E-state index is 2.78. The van der Waals surface area contributed by atoms with Crippen molar-refractivity contribution in [2.45, 2.75) is 125 Å². The van der Waals surface area contributed by atoms with Gasteiger partial charge in [-0.1, -0.05) is 13.8 Å². The summed E-state index contributed by atoms with van der Waals surface area (Å²) >= 11 is 0. The maximum Gasteiger partial charge on any atom is 0.0947 e. The zero-order chi connectivity index (χ0) is 24.1. The van der Waals surface area contributed by atoms with Crippen molar-refractivity contribution in [1.29, 1.82) is 0 Å². The van der Waals surface area contributed by atoms with Crippen LogP contribution in [0.5, 0.6) is 0 Å². The van der Waals surface area contributed by atoms with Crippen molar-refractivity contribution in [3.8, 4) is 0 Å². The number of fused-ring (bicyclic) bond motifs is 5. The van der Waals surface area contributed by atoms with Crippen LogP contribution in [0.1, 0.15) is 113 Å². The van der Waals surface area contributed by atoms with Gasteiger partial charge in [0, 0.05) is 18.3 Å². The zero-order valence-electron chi connectivity index (χ0n) is 24.7. The lowest BCUT2D eigenvalue weighted by molar-refractivity contribution is -0.953. The van der Waals surface area contributed by atoms with E-state index < -0.39 is 0 Å². The highest BCUT2D eigenvalue weighted by Gasteiger charge is 2.64. The monoisotopic (exact) mass is 714 g/mol. The quantitative estimate of drug-likeness (QED) is 0.265. The summed E-state index contributed by atoms with van der Waals surface area (Å²) in [6.07, 6.45) is 13.7. The molecule has 0 spiro atoms. The van der Waals surface area contributed by atoms with Crippen LogP contribution in [0.3, 0.4) is 0 Å². The van der Waals surface area contributed by atoms with Crippen LogP contribution in [0.15, 0.2) is 0 Å². The Kier molecular flexibility index (Phi) is 11.4. The van der Waals surface area contributed by atoms with Crippen molar-refractivity contribution >= 4 is 0 Å². The first-order valence-electron chi connectivity index (χ1n) is 15.5. The second-order valence-corrected chi connectivity index (χ2v) is 13.6. The summed E-state index contributed by atoms with van der Waals surface area (Å²) in [5.74, 6) is 4.06. The Morgan fingerprint density at radius 2 is 1.09 bits per heavy atom. The van der Waals surface area contributed by atoms with Gasteiger partial charge >= 0.3 is 0 Å². The second kappa shape index (κ2) is 12.3. The van der Waals surface area contributed by atoms with E-state index in [1.807, 2.05) is 0 Å². The minimum absolute atomic E-state index is 0. The normalized spacial score (nSPS) is 41.1.